The van der Waals surface area contributed by atoms with Crippen LogP contribution in [0.25, 0.3) is 11.3 Å². The Kier molecular flexibility index (Phi) is 5.53. The van der Waals surface area contributed by atoms with Crippen LogP contribution in [-0.2, 0) is 0 Å². The van der Waals surface area contributed by atoms with Crippen LogP contribution in [0.15, 0.2) is 52.4 Å². The molecule has 25 heavy (non-hydrogen) atoms. The summed E-state index contributed by atoms with van der Waals surface area (Å²) >= 11 is 7.55. The van der Waals surface area contributed by atoms with Crippen molar-refractivity contribution in [2.24, 2.45) is 0 Å². The number of amides is 1. The van der Waals surface area contributed by atoms with Crippen LogP contribution in [0.5, 0.6) is 0 Å². The van der Waals surface area contributed by atoms with Crippen molar-refractivity contribution in [1.82, 2.24) is 15.4 Å². The van der Waals surface area contributed by atoms with Crippen LogP contribution < -0.4 is 5.32 Å². The second-order valence-electron chi connectivity index (χ2n) is 5.79. The summed E-state index contributed by atoms with van der Waals surface area (Å²) in [5.74, 6) is 0.275. The molecule has 130 valence electrons. The Balaban J connectivity index is 1.66. The van der Waals surface area contributed by atoms with Crippen LogP contribution in [0.2, 0.25) is 5.02 Å². The van der Waals surface area contributed by atoms with Gasteiger partial charge in [-0.15, -0.1) is 11.3 Å². The summed E-state index contributed by atoms with van der Waals surface area (Å²) < 4.78 is 5.28. The topological polar surface area (TPSA) is 58.4 Å². The largest absolute Gasteiger partial charge is 0.355 e. The molecule has 1 amide bonds. The Morgan fingerprint density at radius 2 is 2.08 bits per heavy atom. The average molecular weight is 376 g/mol. The first-order valence-electron chi connectivity index (χ1n) is 7.75. The highest BCUT2D eigenvalue weighted by atomic mass is 35.5. The van der Waals surface area contributed by atoms with E-state index < -0.39 is 0 Å². The molecule has 7 heteroatoms. The molecule has 3 aromatic rings. The molecule has 0 radical (unpaired) electrons. The summed E-state index contributed by atoms with van der Waals surface area (Å²) in [4.78, 5) is 15.6. The summed E-state index contributed by atoms with van der Waals surface area (Å²) in [5.41, 5.74) is 1.08. The number of thiophene rings is 1. The number of nitrogens with zero attached hydrogens (tertiary/aromatic N) is 2. The standard InChI is InChI=1S/C18H18ClN3O2S/c1-22(2)15(17-4-3-9-25-17)11-20-18(23)14-10-16(24-21-14)12-5-7-13(19)8-6-12/h3-10,15H,11H2,1-2H3,(H,20,23)/t15-/m0/s1. The molecule has 5 nitrogen and oxygen atoms in total. The van der Waals surface area contributed by atoms with Crippen LogP contribution in [0.3, 0.4) is 0 Å². The fourth-order valence-electron chi connectivity index (χ4n) is 2.43. The average Bonchev–Trinajstić information content (AvgIpc) is 3.27. The first kappa shape index (κ1) is 17.7. The number of rotatable bonds is 6. The van der Waals surface area contributed by atoms with E-state index in [1.165, 1.54) is 4.88 Å². The van der Waals surface area contributed by atoms with Gasteiger partial charge in [0.1, 0.15) is 0 Å². The number of likely N-dealkylation sites (N-methyl/N-ethyl adjacent to an activating group) is 1. The minimum atomic E-state index is -0.257. The van der Waals surface area contributed by atoms with Gasteiger partial charge in [-0.1, -0.05) is 22.8 Å². The van der Waals surface area contributed by atoms with Crippen molar-refractivity contribution in [2.75, 3.05) is 20.6 Å². The zero-order chi connectivity index (χ0) is 17.8. The predicted molar refractivity (Wildman–Crippen MR) is 100 cm³/mol. The van der Waals surface area contributed by atoms with Crippen molar-refractivity contribution in [2.45, 2.75) is 6.04 Å². The first-order chi connectivity index (χ1) is 12.0. The summed E-state index contributed by atoms with van der Waals surface area (Å²) in [6.45, 7) is 0.496. The quantitative estimate of drug-likeness (QED) is 0.705. The number of carbonyl (C=O) groups is 1. The number of aromatic nitrogens is 1. The summed E-state index contributed by atoms with van der Waals surface area (Å²) in [7, 11) is 3.98. The van der Waals surface area contributed by atoms with E-state index in [0.29, 0.717) is 17.3 Å². The number of halogens is 1. The molecule has 3 rings (SSSR count). The molecule has 1 N–H and O–H groups in total. The number of benzene rings is 1. The van der Waals surface area contributed by atoms with Crippen molar-refractivity contribution >= 4 is 28.8 Å². The lowest BCUT2D eigenvalue weighted by molar-refractivity contribution is 0.0933. The van der Waals surface area contributed by atoms with E-state index in [-0.39, 0.29) is 17.6 Å². The third kappa shape index (κ3) is 4.28. The Hall–Kier alpha value is -2.15. The molecular formula is C18H18ClN3O2S. The van der Waals surface area contributed by atoms with Gasteiger partial charge in [-0.3, -0.25) is 4.79 Å². The molecule has 0 saturated carbocycles. The van der Waals surface area contributed by atoms with E-state index >= 15 is 0 Å². The van der Waals surface area contributed by atoms with Gasteiger partial charge >= 0.3 is 0 Å². The Labute approximate surface area is 155 Å². The highest BCUT2D eigenvalue weighted by Gasteiger charge is 2.19. The summed E-state index contributed by atoms with van der Waals surface area (Å²) in [5, 5.41) is 9.47. The zero-order valence-electron chi connectivity index (χ0n) is 13.9. The van der Waals surface area contributed by atoms with Crippen molar-refractivity contribution in [3.05, 3.63) is 63.4 Å². The highest BCUT2D eigenvalue weighted by molar-refractivity contribution is 7.10. The highest BCUT2D eigenvalue weighted by Crippen LogP contribution is 2.24. The van der Waals surface area contributed by atoms with E-state index in [1.54, 1.807) is 29.5 Å². The smallest absolute Gasteiger partial charge is 0.273 e. The third-order valence-corrected chi connectivity index (χ3v) is 5.05. The SMILES string of the molecule is CN(C)[C@@H](CNC(=O)c1cc(-c2ccc(Cl)cc2)on1)c1cccs1. The number of hydrogen-bond donors (Lipinski definition) is 1. The van der Waals surface area contributed by atoms with Gasteiger partial charge < -0.3 is 14.7 Å². The Bertz CT molecular complexity index is 828. The maximum absolute atomic E-state index is 12.4. The Morgan fingerprint density at radius 3 is 2.72 bits per heavy atom. The van der Waals surface area contributed by atoms with Crippen molar-refractivity contribution < 1.29 is 9.32 Å². The van der Waals surface area contributed by atoms with Crippen LogP contribution in [0.1, 0.15) is 21.4 Å². The second-order valence-corrected chi connectivity index (χ2v) is 7.20. The van der Waals surface area contributed by atoms with Crippen molar-refractivity contribution in [1.29, 1.82) is 0 Å². The molecule has 0 bridgehead atoms. The van der Waals surface area contributed by atoms with Crippen LogP contribution >= 0.6 is 22.9 Å². The van der Waals surface area contributed by atoms with Gasteiger partial charge in [-0.05, 0) is 49.8 Å². The maximum Gasteiger partial charge on any atom is 0.273 e. The van der Waals surface area contributed by atoms with Gasteiger partial charge in [0.05, 0.1) is 6.04 Å². The van der Waals surface area contributed by atoms with Gasteiger partial charge in [0.15, 0.2) is 11.5 Å². The minimum Gasteiger partial charge on any atom is -0.355 e. The van der Waals surface area contributed by atoms with Crippen molar-refractivity contribution in [3.63, 3.8) is 0 Å². The maximum atomic E-state index is 12.4. The van der Waals surface area contributed by atoms with Crippen molar-refractivity contribution in [3.8, 4) is 11.3 Å². The molecule has 2 aromatic heterocycles. The first-order valence-corrected chi connectivity index (χ1v) is 9.01. The normalized spacial score (nSPS) is 12.3. The third-order valence-electron chi connectivity index (χ3n) is 3.82. The monoisotopic (exact) mass is 375 g/mol. The van der Waals surface area contributed by atoms with Gasteiger partial charge in [0.25, 0.3) is 5.91 Å². The van der Waals surface area contributed by atoms with Gasteiger partial charge in [0.2, 0.25) is 0 Å². The molecule has 0 aliphatic carbocycles. The van der Waals surface area contributed by atoms with Crippen LogP contribution in [0, 0.1) is 0 Å². The lowest BCUT2D eigenvalue weighted by Gasteiger charge is -2.23. The van der Waals surface area contributed by atoms with E-state index in [2.05, 4.69) is 21.4 Å². The van der Waals surface area contributed by atoms with E-state index in [4.69, 9.17) is 16.1 Å². The summed E-state index contributed by atoms with van der Waals surface area (Å²) in [6, 6.07) is 13.0. The fourth-order valence-corrected chi connectivity index (χ4v) is 3.48. The minimum absolute atomic E-state index is 0.117. The molecule has 0 fully saturated rings. The number of nitrogens with one attached hydrogen (secondary N) is 1. The lowest BCUT2D eigenvalue weighted by atomic mass is 10.1. The second kappa shape index (κ2) is 7.82. The van der Waals surface area contributed by atoms with Crippen LogP contribution in [0.4, 0.5) is 0 Å². The zero-order valence-corrected chi connectivity index (χ0v) is 15.5. The van der Waals surface area contributed by atoms with Gasteiger partial charge in [-0.2, -0.15) is 0 Å². The molecule has 0 saturated heterocycles. The molecule has 0 aliphatic rings. The molecule has 1 aromatic carbocycles. The molecule has 2 heterocycles. The lowest BCUT2D eigenvalue weighted by Crippen LogP contribution is -2.34. The fraction of sp³-hybridized carbons (Fsp3) is 0.222. The molecule has 0 aliphatic heterocycles. The van der Waals surface area contributed by atoms with E-state index in [9.17, 15) is 4.79 Å². The van der Waals surface area contributed by atoms with E-state index in [0.717, 1.165) is 5.56 Å². The number of hydrogen-bond acceptors (Lipinski definition) is 5. The molecule has 0 unspecified atom stereocenters. The Morgan fingerprint density at radius 1 is 1.32 bits per heavy atom. The van der Waals surface area contributed by atoms with Gasteiger partial charge in [0, 0.05) is 28.1 Å². The number of carbonyl (C=O) groups excluding carboxylic acids is 1. The predicted octanol–water partition coefficient (Wildman–Crippen LogP) is 4.09. The molecule has 1 atom stereocenters. The van der Waals surface area contributed by atoms with Gasteiger partial charge in [-0.25, -0.2) is 0 Å². The molecular weight excluding hydrogens is 358 g/mol. The summed E-state index contributed by atoms with van der Waals surface area (Å²) in [6.07, 6.45) is 0. The molecule has 0 spiro atoms. The van der Waals surface area contributed by atoms with E-state index in [1.807, 2.05) is 37.7 Å². The van der Waals surface area contributed by atoms with Crippen LogP contribution in [-0.4, -0.2) is 36.6 Å².